The number of aliphatic hydroxyl groups excluding tert-OH is 1. The van der Waals surface area contributed by atoms with Crippen molar-refractivity contribution in [2.75, 3.05) is 20.3 Å². The Morgan fingerprint density at radius 2 is 1.86 bits per heavy atom. The van der Waals surface area contributed by atoms with Crippen LogP contribution >= 0.6 is 0 Å². The molecule has 2 aliphatic rings. The van der Waals surface area contributed by atoms with E-state index in [1.807, 2.05) is 0 Å². The van der Waals surface area contributed by atoms with Crippen LogP contribution in [0.1, 0.15) is 78.2 Å². The van der Waals surface area contributed by atoms with Crippen LogP contribution in [0.2, 0.25) is 0 Å². The number of hydrogen-bond acceptors (Lipinski definition) is 4. The van der Waals surface area contributed by atoms with Crippen LogP contribution in [0.25, 0.3) is 11.0 Å². The largest absolute Gasteiger partial charge is 0.453 e. The summed E-state index contributed by atoms with van der Waals surface area (Å²) in [5.41, 5.74) is 8.73. The summed E-state index contributed by atoms with van der Waals surface area (Å²) in [5.74, 6) is 1.97. The van der Waals surface area contributed by atoms with Crippen LogP contribution in [0.5, 0.6) is 0 Å². The Labute approximate surface area is 214 Å². The molecule has 36 heavy (non-hydrogen) atoms. The zero-order valence-corrected chi connectivity index (χ0v) is 22.1. The molecule has 1 atom stereocenters. The van der Waals surface area contributed by atoms with E-state index in [9.17, 15) is 9.90 Å². The molecule has 0 unspecified atom stereocenters. The first-order chi connectivity index (χ1) is 17.4. The van der Waals surface area contributed by atoms with E-state index in [1.165, 1.54) is 40.7 Å². The fourth-order valence-corrected chi connectivity index (χ4v) is 6.41. The third-order valence-corrected chi connectivity index (χ3v) is 8.58. The predicted octanol–water partition coefficient (Wildman–Crippen LogP) is 5.85. The van der Waals surface area contributed by atoms with Crippen LogP contribution in [-0.4, -0.2) is 45.9 Å². The SMILES string of the molecule is COC(=O)N1CCc2ccc3c(nc(C4CCC(CO)CC4)n3[C@H](C)Cc3c(C)cccc3C)c2C1. The van der Waals surface area contributed by atoms with Gasteiger partial charge in [-0.05, 0) is 93.5 Å². The molecule has 192 valence electrons. The molecule has 0 saturated heterocycles. The average Bonchev–Trinajstić information content (AvgIpc) is 3.30. The highest BCUT2D eigenvalue weighted by molar-refractivity contribution is 5.82. The summed E-state index contributed by atoms with van der Waals surface area (Å²) in [4.78, 5) is 19.5. The normalized spacial score (nSPS) is 20.9. The van der Waals surface area contributed by atoms with E-state index in [2.05, 4.69) is 55.7 Å². The fraction of sp³-hybridized carbons (Fsp3) is 0.533. The first kappa shape index (κ1) is 24.8. The van der Waals surface area contributed by atoms with Crippen molar-refractivity contribution in [1.82, 2.24) is 14.5 Å². The second kappa shape index (κ2) is 10.3. The highest BCUT2D eigenvalue weighted by atomic mass is 16.5. The van der Waals surface area contributed by atoms with Gasteiger partial charge in [-0.1, -0.05) is 24.3 Å². The minimum atomic E-state index is -0.275. The van der Waals surface area contributed by atoms with Gasteiger partial charge in [0.2, 0.25) is 0 Å². The van der Waals surface area contributed by atoms with Gasteiger partial charge in [0.1, 0.15) is 5.82 Å². The summed E-state index contributed by atoms with van der Waals surface area (Å²) in [6.45, 7) is 8.22. The van der Waals surface area contributed by atoms with Crippen molar-refractivity contribution < 1.29 is 14.6 Å². The van der Waals surface area contributed by atoms with Crippen molar-refractivity contribution in [2.24, 2.45) is 5.92 Å². The molecule has 1 aromatic heterocycles. The number of ether oxygens (including phenoxy) is 1. The number of aromatic nitrogens is 2. The van der Waals surface area contributed by atoms with Crippen LogP contribution in [0.15, 0.2) is 30.3 Å². The molecule has 5 rings (SSSR count). The molecule has 1 aliphatic carbocycles. The van der Waals surface area contributed by atoms with E-state index in [4.69, 9.17) is 9.72 Å². The molecule has 1 N–H and O–H groups in total. The minimum Gasteiger partial charge on any atom is -0.453 e. The van der Waals surface area contributed by atoms with Gasteiger partial charge in [-0.15, -0.1) is 0 Å². The van der Waals surface area contributed by atoms with Crippen molar-refractivity contribution in [3.8, 4) is 0 Å². The second-order valence-electron chi connectivity index (χ2n) is 10.9. The third kappa shape index (κ3) is 4.52. The number of amides is 1. The van der Waals surface area contributed by atoms with Gasteiger partial charge in [-0.25, -0.2) is 9.78 Å². The first-order valence-electron chi connectivity index (χ1n) is 13.4. The number of carbonyl (C=O) groups excluding carboxylic acids is 1. The predicted molar refractivity (Wildman–Crippen MR) is 142 cm³/mol. The number of benzene rings is 2. The Bertz CT molecular complexity index is 1240. The van der Waals surface area contributed by atoms with Gasteiger partial charge in [-0.2, -0.15) is 0 Å². The number of hydrogen-bond donors (Lipinski definition) is 1. The van der Waals surface area contributed by atoms with Crippen LogP contribution in [0.4, 0.5) is 4.79 Å². The Hall–Kier alpha value is -2.86. The highest BCUT2D eigenvalue weighted by Crippen LogP contribution is 2.40. The molecular weight excluding hydrogens is 450 g/mol. The number of rotatable bonds is 5. The molecule has 0 spiro atoms. The smallest absolute Gasteiger partial charge is 0.409 e. The van der Waals surface area contributed by atoms with Gasteiger partial charge in [0.15, 0.2) is 0 Å². The van der Waals surface area contributed by atoms with Crippen molar-refractivity contribution >= 4 is 17.1 Å². The monoisotopic (exact) mass is 489 g/mol. The number of aryl methyl sites for hydroxylation is 2. The number of carbonyl (C=O) groups is 1. The molecule has 3 aromatic rings. The Morgan fingerprint density at radius 1 is 1.14 bits per heavy atom. The van der Waals surface area contributed by atoms with Gasteiger partial charge in [0.05, 0.1) is 24.7 Å². The lowest BCUT2D eigenvalue weighted by atomic mass is 9.82. The molecule has 1 aliphatic heterocycles. The van der Waals surface area contributed by atoms with Gasteiger partial charge in [0.25, 0.3) is 0 Å². The summed E-state index contributed by atoms with van der Waals surface area (Å²) < 4.78 is 7.52. The lowest BCUT2D eigenvalue weighted by molar-refractivity contribution is 0.119. The molecule has 0 radical (unpaired) electrons. The summed E-state index contributed by atoms with van der Waals surface area (Å²) in [7, 11) is 1.45. The van der Waals surface area contributed by atoms with Crippen molar-refractivity contribution in [3.05, 3.63) is 64.0 Å². The Kier molecular flexibility index (Phi) is 7.07. The van der Waals surface area contributed by atoms with Crippen molar-refractivity contribution in [3.63, 3.8) is 0 Å². The van der Waals surface area contributed by atoms with Gasteiger partial charge < -0.3 is 19.3 Å². The van der Waals surface area contributed by atoms with Crippen molar-refractivity contribution in [2.45, 2.75) is 77.8 Å². The molecule has 0 bridgehead atoms. The molecule has 1 saturated carbocycles. The number of methoxy groups -OCH3 is 1. The summed E-state index contributed by atoms with van der Waals surface area (Å²) in [6, 6.07) is 11.3. The number of fused-ring (bicyclic) bond motifs is 3. The maximum atomic E-state index is 12.3. The zero-order chi connectivity index (χ0) is 25.4. The molecular formula is C30H39N3O3. The average molecular weight is 490 g/mol. The summed E-state index contributed by atoms with van der Waals surface area (Å²) in [5, 5.41) is 9.68. The summed E-state index contributed by atoms with van der Waals surface area (Å²) in [6.07, 6.45) is 5.70. The maximum absolute atomic E-state index is 12.3. The summed E-state index contributed by atoms with van der Waals surface area (Å²) >= 11 is 0. The molecule has 2 aromatic carbocycles. The Morgan fingerprint density at radius 3 is 2.53 bits per heavy atom. The third-order valence-electron chi connectivity index (χ3n) is 8.58. The molecule has 6 heteroatoms. The zero-order valence-electron chi connectivity index (χ0n) is 22.1. The van der Waals surface area contributed by atoms with Crippen molar-refractivity contribution in [1.29, 1.82) is 0 Å². The fourth-order valence-electron chi connectivity index (χ4n) is 6.41. The topological polar surface area (TPSA) is 67.6 Å². The standard InChI is InChI=1S/C30H39N3O3/c1-19-6-5-7-20(2)25(19)16-21(3)33-27-13-12-23-14-15-32(30(35)36-4)17-26(23)28(27)31-29(33)24-10-8-22(18-34)9-11-24/h5-7,12-13,21-22,24,34H,8-11,14-18H2,1-4H3/t21-,22?,24?/m1/s1. The van der Waals surface area contributed by atoms with E-state index >= 15 is 0 Å². The van der Waals surface area contributed by atoms with E-state index in [1.54, 1.807) is 4.90 Å². The lowest BCUT2D eigenvalue weighted by Gasteiger charge is -2.29. The molecule has 1 fully saturated rings. The Balaban J connectivity index is 1.59. The first-order valence-corrected chi connectivity index (χ1v) is 13.4. The van der Waals surface area contributed by atoms with E-state index in [0.29, 0.717) is 24.9 Å². The van der Waals surface area contributed by atoms with E-state index in [0.717, 1.165) is 49.6 Å². The maximum Gasteiger partial charge on any atom is 0.409 e. The number of nitrogens with zero attached hydrogens (tertiary/aromatic N) is 3. The quantitative estimate of drug-likeness (QED) is 0.488. The number of aliphatic hydroxyl groups is 1. The van der Waals surface area contributed by atoms with E-state index in [-0.39, 0.29) is 18.7 Å². The molecule has 6 nitrogen and oxygen atoms in total. The van der Waals surface area contributed by atoms with Gasteiger partial charge in [-0.3, -0.25) is 0 Å². The second-order valence-corrected chi connectivity index (χ2v) is 10.9. The van der Waals surface area contributed by atoms with E-state index < -0.39 is 0 Å². The van der Waals surface area contributed by atoms with Crippen LogP contribution in [-0.2, 0) is 24.1 Å². The minimum absolute atomic E-state index is 0.249. The highest BCUT2D eigenvalue weighted by Gasteiger charge is 2.31. The van der Waals surface area contributed by atoms with Gasteiger partial charge in [0, 0.05) is 30.7 Å². The molecule has 2 heterocycles. The van der Waals surface area contributed by atoms with Gasteiger partial charge >= 0.3 is 6.09 Å². The number of imidazole rings is 1. The van der Waals surface area contributed by atoms with Crippen LogP contribution in [0, 0.1) is 19.8 Å². The lowest BCUT2D eigenvalue weighted by Crippen LogP contribution is -2.35. The molecule has 1 amide bonds. The van der Waals surface area contributed by atoms with Crippen LogP contribution < -0.4 is 0 Å². The van der Waals surface area contributed by atoms with Crippen LogP contribution in [0.3, 0.4) is 0 Å².